The number of nitrogens with zero attached hydrogens (tertiary/aromatic N) is 5. The van der Waals surface area contributed by atoms with Gasteiger partial charge in [0.2, 0.25) is 0 Å². The first kappa shape index (κ1) is 24.8. The topological polar surface area (TPSA) is 95.5 Å². The summed E-state index contributed by atoms with van der Waals surface area (Å²) in [6, 6.07) is 20.4. The van der Waals surface area contributed by atoms with Crippen LogP contribution in [0, 0.1) is 12.7 Å². The monoisotopic (exact) mass is 534 g/mol. The lowest BCUT2D eigenvalue weighted by molar-refractivity contribution is 0.102. The molecule has 40 heavy (non-hydrogen) atoms. The molecule has 1 amide bonds. The number of rotatable bonds is 6. The Morgan fingerprint density at radius 1 is 0.950 bits per heavy atom. The van der Waals surface area contributed by atoms with Crippen LogP contribution in [0.15, 0.2) is 102 Å². The predicted molar refractivity (Wildman–Crippen MR) is 149 cm³/mol. The van der Waals surface area contributed by atoms with E-state index in [1.807, 2.05) is 36.4 Å². The first-order chi connectivity index (χ1) is 19.4. The third kappa shape index (κ3) is 4.31. The number of benzene rings is 2. The number of carbonyl (C=O) groups is 1. The second-order valence-electron chi connectivity index (χ2n) is 9.09. The van der Waals surface area contributed by atoms with Crippen molar-refractivity contribution in [3.05, 3.63) is 125 Å². The number of carbonyl (C=O) groups excluding carboxylic acids is 1. The van der Waals surface area contributed by atoms with Crippen LogP contribution >= 0.6 is 0 Å². The van der Waals surface area contributed by atoms with Gasteiger partial charge in [-0.05, 0) is 55.0 Å². The first-order valence-corrected chi connectivity index (χ1v) is 12.4. The minimum Gasteiger partial charge on any atom is -0.452 e. The SMILES string of the molecule is Cc1c(C(=O)Nc2ccc(Oc3ccnn4ccc(-c5ccncc5)c34)c(F)c2)c(=O)n(-c2ccccc2)n1C. The Hall–Kier alpha value is -5.51. The normalized spacial score (nSPS) is 11.1. The molecular formula is C30H23FN6O3. The number of nitrogens with one attached hydrogen (secondary N) is 1. The molecule has 9 nitrogen and oxygen atoms in total. The number of fused-ring (bicyclic) bond motifs is 1. The molecule has 4 heterocycles. The van der Waals surface area contributed by atoms with Crippen LogP contribution in [0.3, 0.4) is 0 Å². The zero-order chi connectivity index (χ0) is 27.8. The maximum absolute atomic E-state index is 15.2. The lowest BCUT2D eigenvalue weighted by Gasteiger charge is -2.11. The van der Waals surface area contributed by atoms with Crippen molar-refractivity contribution in [3.63, 3.8) is 0 Å². The van der Waals surface area contributed by atoms with Crippen LogP contribution < -0.4 is 15.6 Å². The molecule has 6 aromatic rings. The van der Waals surface area contributed by atoms with E-state index >= 15 is 4.39 Å². The fraction of sp³-hybridized carbons (Fsp3) is 0.0667. The quantitative estimate of drug-likeness (QED) is 0.310. The van der Waals surface area contributed by atoms with Gasteiger partial charge in [-0.15, -0.1) is 0 Å². The fourth-order valence-electron chi connectivity index (χ4n) is 4.67. The van der Waals surface area contributed by atoms with Crippen molar-refractivity contribution in [2.24, 2.45) is 7.05 Å². The average molecular weight is 535 g/mol. The summed E-state index contributed by atoms with van der Waals surface area (Å²) in [5, 5.41) is 6.96. The molecule has 0 atom stereocenters. The van der Waals surface area contributed by atoms with Gasteiger partial charge >= 0.3 is 0 Å². The number of halogens is 1. The summed E-state index contributed by atoms with van der Waals surface area (Å²) < 4.78 is 25.9. The zero-order valence-corrected chi connectivity index (χ0v) is 21.6. The summed E-state index contributed by atoms with van der Waals surface area (Å²) >= 11 is 0. The molecule has 198 valence electrons. The smallest absolute Gasteiger partial charge is 0.284 e. The summed E-state index contributed by atoms with van der Waals surface area (Å²) in [6.45, 7) is 1.69. The van der Waals surface area contributed by atoms with Gasteiger partial charge in [0.1, 0.15) is 11.1 Å². The van der Waals surface area contributed by atoms with Crippen molar-refractivity contribution in [2.75, 3.05) is 5.32 Å². The Balaban J connectivity index is 1.27. The summed E-state index contributed by atoms with van der Waals surface area (Å²) in [5.41, 5.74) is 3.23. The summed E-state index contributed by atoms with van der Waals surface area (Å²) in [5.74, 6) is -0.942. The average Bonchev–Trinajstić information content (AvgIpc) is 3.50. The Bertz CT molecular complexity index is 1930. The van der Waals surface area contributed by atoms with E-state index in [0.717, 1.165) is 17.2 Å². The van der Waals surface area contributed by atoms with Gasteiger partial charge in [-0.3, -0.25) is 19.3 Å². The van der Waals surface area contributed by atoms with E-state index in [2.05, 4.69) is 15.4 Å². The maximum atomic E-state index is 15.2. The Labute approximate surface area is 227 Å². The molecule has 4 aromatic heterocycles. The van der Waals surface area contributed by atoms with Crippen molar-refractivity contribution in [1.29, 1.82) is 0 Å². The molecule has 2 aromatic carbocycles. The second-order valence-corrected chi connectivity index (χ2v) is 9.09. The van der Waals surface area contributed by atoms with Gasteiger partial charge < -0.3 is 10.1 Å². The standard InChI is InChI=1S/C30H23FN6O3/c1-19-27(30(39)37(35(19)2)22-6-4-3-5-7-22)29(38)34-21-8-9-25(24(31)18-21)40-26-12-16-33-36-17-13-23(28(26)36)20-10-14-32-15-11-20/h3-18H,1-2H3,(H,34,38). The van der Waals surface area contributed by atoms with E-state index < -0.39 is 17.3 Å². The molecule has 10 heteroatoms. The van der Waals surface area contributed by atoms with Crippen LogP contribution in [-0.2, 0) is 7.05 Å². The third-order valence-electron chi connectivity index (χ3n) is 6.70. The zero-order valence-electron chi connectivity index (χ0n) is 21.6. The van der Waals surface area contributed by atoms with Gasteiger partial charge in [-0.1, -0.05) is 18.2 Å². The largest absolute Gasteiger partial charge is 0.452 e. The second kappa shape index (κ2) is 9.99. The van der Waals surface area contributed by atoms with Crippen molar-refractivity contribution in [3.8, 4) is 28.3 Å². The van der Waals surface area contributed by atoms with Crippen LogP contribution in [0.1, 0.15) is 16.1 Å². The summed E-state index contributed by atoms with van der Waals surface area (Å²) in [7, 11) is 1.70. The van der Waals surface area contributed by atoms with E-state index in [4.69, 9.17) is 4.74 Å². The number of hydrogen-bond donors (Lipinski definition) is 1. The molecule has 0 radical (unpaired) electrons. The van der Waals surface area contributed by atoms with Crippen LogP contribution in [0.2, 0.25) is 0 Å². The van der Waals surface area contributed by atoms with Gasteiger partial charge in [-0.25, -0.2) is 13.6 Å². The summed E-state index contributed by atoms with van der Waals surface area (Å²) in [4.78, 5) is 30.3. The highest BCUT2D eigenvalue weighted by Gasteiger charge is 2.23. The van der Waals surface area contributed by atoms with E-state index in [9.17, 15) is 9.59 Å². The molecule has 0 bridgehead atoms. The van der Waals surface area contributed by atoms with E-state index in [1.165, 1.54) is 16.8 Å². The van der Waals surface area contributed by atoms with Crippen LogP contribution in [0.4, 0.5) is 10.1 Å². The number of anilines is 1. The molecule has 0 aliphatic rings. The molecule has 0 saturated heterocycles. The lowest BCUT2D eigenvalue weighted by atomic mass is 10.1. The minimum absolute atomic E-state index is 0.0249. The first-order valence-electron chi connectivity index (χ1n) is 12.4. The Morgan fingerprint density at radius 3 is 2.48 bits per heavy atom. The summed E-state index contributed by atoms with van der Waals surface area (Å²) in [6.07, 6.45) is 6.74. The molecule has 0 unspecified atom stereocenters. The van der Waals surface area contributed by atoms with Gasteiger partial charge in [-0.2, -0.15) is 5.10 Å². The lowest BCUT2D eigenvalue weighted by Crippen LogP contribution is -2.25. The highest BCUT2D eigenvalue weighted by molar-refractivity contribution is 6.05. The number of hydrogen-bond acceptors (Lipinski definition) is 5. The highest BCUT2D eigenvalue weighted by Crippen LogP contribution is 2.35. The Morgan fingerprint density at radius 2 is 1.73 bits per heavy atom. The van der Waals surface area contributed by atoms with Crippen molar-refractivity contribution in [1.82, 2.24) is 24.0 Å². The maximum Gasteiger partial charge on any atom is 0.284 e. The minimum atomic E-state index is -0.684. The molecule has 0 fully saturated rings. The van der Waals surface area contributed by atoms with Gasteiger partial charge in [0.15, 0.2) is 17.3 Å². The number of aromatic nitrogens is 5. The Kier molecular flexibility index (Phi) is 6.19. The fourth-order valence-corrected chi connectivity index (χ4v) is 4.67. The predicted octanol–water partition coefficient (Wildman–Crippen LogP) is 5.38. The van der Waals surface area contributed by atoms with Crippen molar-refractivity contribution >= 4 is 17.1 Å². The van der Waals surface area contributed by atoms with Crippen LogP contribution in [-0.4, -0.2) is 29.9 Å². The molecule has 0 saturated carbocycles. The number of pyridine rings is 1. The van der Waals surface area contributed by atoms with E-state index in [1.54, 1.807) is 66.2 Å². The number of para-hydroxylation sites is 1. The molecular weight excluding hydrogens is 511 g/mol. The molecule has 0 aliphatic heterocycles. The van der Waals surface area contributed by atoms with Gasteiger partial charge in [0.05, 0.1) is 17.6 Å². The van der Waals surface area contributed by atoms with Gasteiger partial charge in [0, 0.05) is 49.0 Å². The molecule has 6 rings (SSSR count). The van der Waals surface area contributed by atoms with Gasteiger partial charge in [0.25, 0.3) is 11.5 Å². The molecule has 0 aliphatic carbocycles. The van der Waals surface area contributed by atoms with Crippen molar-refractivity contribution in [2.45, 2.75) is 6.92 Å². The van der Waals surface area contributed by atoms with E-state index in [0.29, 0.717) is 22.6 Å². The third-order valence-corrected chi connectivity index (χ3v) is 6.70. The van der Waals surface area contributed by atoms with Crippen LogP contribution in [0.25, 0.3) is 22.3 Å². The van der Waals surface area contributed by atoms with E-state index in [-0.39, 0.29) is 17.0 Å². The van der Waals surface area contributed by atoms with Crippen LogP contribution in [0.5, 0.6) is 11.5 Å². The number of amides is 1. The van der Waals surface area contributed by atoms with Crippen molar-refractivity contribution < 1.29 is 13.9 Å². The molecule has 1 N–H and O–H groups in total. The number of ether oxygens (including phenoxy) is 1. The molecule has 0 spiro atoms. The highest BCUT2D eigenvalue weighted by atomic mass is 19.1.